The number of hydrogen-bond acceptors (Lipinski definition) is 4. The lowest BCUT2D eigenvalue weighted by Crippen LogP contribution is -2.36. The highest BCUT2D eigenvalue weighted by molar-refractivity contribution is 5.36. The molecule has 3 N–H and O–H groups in total. The van der Waals surface area contributed by atoms with E-state index in [2.05, 4.69) is 18.4 Å². The Bertz CT molecular complexity index is 365. The van der Waals surface area contributed by atoms with Gasteiger partial charge in [-0.1, -0.05) is 25.1 Å². The second-order valence-electron chi connectivity index (χ2n) is 4.58. The second-order valence-corrected chi connectivity index (χ2v) is 4.58. The van der Waals surface area contributed by atoms with E-state index in [1.165, 1.54) is 0 Å². The largest absolute Gasteiger partial charge is 0.493 e. The maximum absolute atomic E-state index is 5.78. The van der Waals surface area contributed by atoms with Gasteiger partial charge in [0.2, 0.25) is 0 Å². The molecule has 1 aliphatic rings. The van der Waals surface area contributed by atoms with Gasteiger partial charge in [0.25, 0.3) is 0 Å². The van der Waals surface area contributed by atoms with Gasteiger partial charge >= 0.3 is 0 Å². The van der Waals surface area contributed by atoms with Gasteiger partial charge in [0.1, 0.15) is 5.75 Å². The van der Waals surface area contributed by atoms with Gasteiger partial charge in [0, 0.05) is 12.2 Å². The molecule has 1 saturated heterocycles. The van der Waals surface area contributed by atoms with Crippen LogP contribution in [-0.2, 0) is 4.74 Å². The molecule has 1 fully saturated rings. The molecular weight excluding hydrogens is 228 g/mol. The average Bonchev–Trinajstić information content (AvgIpc) is 2.92. The first-order chi connectivity index (χ1) is 8.86. The molecule has 1 aliphatic heterocycles. The van der Waals surface area contributed by atoms with E-state index in [4.69, 9.17) is 15.3 Å². The summed E-state index contributed by atoms with van der Waals surface area (Å²) in [6.07, 6.45) is 3.27. The van der Waals surface area contributed by atoms with Crippen molar-refractivity contribution in [3.8, 4) is 5.75 Å². The van der Waals surface area contributed by atoms with Gasteiger partial charge in [-0.25, -0.2) is 0 Å². The van der Waals surface area contributed by atoms with Crippen molar-refractivity contribution >= 4 is 0 Å². The van der Waals surface area contributed by atoms with Gasteiger partial charge in [0.15, 0.2) is 0 Å². The van der Waals surface area contributed by atoms with Crippen LogP contribution < -0.4 is 16.0 Å². The molecule has 0 amide bonds. The Balaban J connectivity index is 2.17. The number of para-hydroxylation sites is 1. The molecular formula is C14H22N2O2. The van der Waals surface area contributed by atoms with Gasteiger partial charge in [-0.15, -0.1) is 0 Å². The van der Waals surface area contributed by atoms with E-state index in [-0.39, 0.29) is 12.1 Å². The van der Waals surface area contributed by atoms with Crippen molar-refractivity contribution in [1.29, 1.82) is 0 Å². The summed E-state index contributed by atoms with van der Waals surface area (Å²) in [4.78, 5) is 0. The van der Waals surface area contributed by atoms with Crippen LogP contribution in [0.25, 0.3) is 0 Å². The van der Waals surface area contributed by atoms with Crippen molar-refractivity contribution in [2.45, 2.75) is 38.3 Å². The fourth-order valence-electron chi connectivity index (χ4n) is 2.34. The van der Waals surface area contributed by atoms with Crippen molar-refractivity contribution in [2.24, 2.45) is 5.84 Å². The third kappa shape index (κ3) is 3.02. The molecule has 1 heterocycles. The highest BCUT2D eigenvalue weighted by Crippen LogP contribution is 2.32. The van der Waals surface area contributed by atoms with Crippen molar-refractivity contribution in [2.75, 3.05) is 13.2 Å². The fraction of sp³-hybridized carbons (Fsp3) is 0.571. The van der Waals surface area contributed by atoms with Crippen LogP contribution in [0.15, 0.2) is 24.3 Å². The smallest absolute Gasteiger partial charge is 0.124 e. The van der Waals surface area contributed by atoms with E-state index in [0.29, 0.717) is 0 Å². The standard InChI is InChI=1S/C14H22N2O2/c1-2-9-17-12-7-4-3-6-11(12)14(16-15)13-8-5-10-18-13/h3-4,6-7,13-14,16H,2,5,8-10,15H2,1H3. The summed E-state index contributed by atoms with van der Waals surface area (Å²) in [5.41, 5.74) is 3.96. The van der Waals surface area contributed by atoms with E-state index in [0.717, 1.165) is 43.8 Å². The fourth-order valence-corrected chi connectivity index (χ4v) is 2.34. The summed E-state index contributed by atoms with van der Waals surface area (Å²) in [6.45, 7) is 3.64. The third-order valence-corrected chi connectivity index (χ3v) is 3.23. The lowest BCUT2D eigenvalue weighted by Gasteiger charge is -2.24. The predicted octanol–water partition coefficient (Wildman–Crippen LogP) is 2.16. The normalized spacial score (nSPS) is 20.9. The number of ether oxygens (including phenoxy) is 2. The molecule has 0 spiro atoms. The molecule has 0 saturated carbocycles. The topological polar surface area (TPSA) is 56.5 Å². The van der Waals surface area contributed by atoms with Crippen LogP contribution in [0.2, 0.25) is 0 Å². The van der Waals surface area contributed by atoms with E-state index in [1.54, 1.807) is 0 Å². The van der Waals surface area contributed by atoms with Crippen LogP contribution >= 0.6 is 0 Å². The molecule has 18 heavy (non-hydrogen) atoms. The number of hydrazine groups is 1. The van der Waals surface area contributed by atoms with Crippen LogP contribution in [0, 0.1) is 0 Å². The van der Waals surface area contributed by atoms with Crippen LogP contribution in [0.5, 0.6) is 5.75 Å². The quantitative estimate of drug-likeness (QED) is 0.600. The molecule has 2 rings (SSSR count). The SMILES string of the molecule is CCCOc1ccccc1C(NN)C1CCCO1. The lowest BCUT2D eigenvalue weighted by atomic mass is 9.99. The van der Waals surface area contributed by atoms with E-state index in [9.17, 15) is 0 Å². The first-order valence-electron chi connectivity index (χ1n) is 6.66. The molecule has 0 aliphatic carbocycles. The monoisotopic (exact) mass is 250 g/mol. The number of nitrogens with two attached hydrogens (primary N) is 1. The summed E-state index contributed by atoms with van der Waals surface area (Å²) in [5, 5.41) is 0. The molecule has 2 unspecified atom stereocenters. The van der Waals surface area contributed by atoms with Gasteiger partial charge < -0.3 is 9.47 Å². The maximum atomic E-state index is 5.78. The first-order valence-corrected chi connectivity index (χ1v) is 6.66. The Morgan fingerprint density at radius 3 is 3.00 bits per heavy atom. The Hall–Kier alpha value is -1.10. The lowest BCUT2D eigenvalue weighted by molar-refractivity contribution is 0.0772. The third-order valence-electron chi connectivity index (χ3n) is 3.23. The number of benzene rings is 1. The highest BCUT2D eigenvalue weighted by Gasteiger charge is 2.28. The maximum Gasteiger partial charge on any atom is 0.124 e. The molecule has 4 nitrogen and oxygen atoms in total. The molecule has 0 aromatic heterocycles. The minimum Gasteiger partial charge on any atom is -0.493 e. The minimum atomic E-state index is 0.000515. The molecule has 1 aromatic rings. The molecule has 100 valence electrons. The molecule has 0 bridgehead atoms. The predicted molar refractivity (Wildman–Crippen MR) is 71.3 cm³/mol. The second kappa shape index (κ2) is 6.73. The van der Waals surface area contributed by atoms with Crippen molar-refractivity contribution in [3.63, 3.8) is 0 Å². The van der Waals surface area contributed by atoms with Crippen LogP contribution in [0.4, 0.5) is 0 Å². The summed E-state index contributed by atoms with van der Waals surface area (Å²) < 4.78 is 11.5. The number of nitrogens with one attached hydrogen (secondary N) is 1. The summed E-state index contributed by atoms with van der Waals surface area (Å²) in [7, 11) is 0. The molecule has 2 atom stereocenters. The minimum absolute atomic E-state index is 0.000515. The van der Waals surface area contributed by atoms with Gasteiger partial charge in [-0.3, -0.25) is 11.3 Å². The molecule has 4 heteroatoms. The van der Waals surface area contributed by atoms with Crippen LogP contribution in [0.1, 0.15) is 37.8 Å². The van der Waals surface area contributed by atoms with Crippen LogP contribution in [-0.4, -0.2) is 19.3 Å². The zero-order chi connectivity index (χ0) is 12.8. The zero-order valence-corrected chi connectivity index (χ0v) is 10.9. The van der Waals surface area contributed by atoms with Crippen LogP contribution in [0.3, 0.4) is 0 Å². The Kier molecular flexibility index (Phi) is 4.99. The Morgan fingerprint density at radius 1 is 1.50 bits per heavy atom. The van der Waals surface area contributed by atoms with E-state index >= 15 is 0 Å². The summed E-state index contributed by atoms with van der Waals surface area (Å²) in [6, 6.07) is 8.03. The number of hydrogen-bond donors (Lipinski definition) is 2. The Morgan fingerprint density at radius 2 is 2.33 bits per heavy atom. The van der Waals surface area contributed by atoms with Crippen molar-refractivity contribution < 1.29 is 9.47 Å². The van der Waals surface area contributed by atoms with E-state index < -0.39 is 0 Å². The number of rotatable bonds is 6. The zero-order valence-electron chi connectivity index (χ0n) is 10.9. The van der Waals surface area contributed by atoms with Gasteiger partial charge in [-0.2, -0.15) is 0 Å². The Labute approximate surface area is 108 Å². The summed E-state index contributed by atoms with van der Waals surface area (Å²) >= 11 is 0. The average molecular weight is 250 g/mol. The summed E-state index contributed by atoms with van der Waals surface area (Å²) in [5.74, 6) is 6.60. The van der Waals surface area contributed by atoms with Crippen molar-refractivity contribution in [3.05, 3.63) is 29.8 Å². The van der Waals surface area contributed by atoms with Gasteiger partial charge in [-0.05, 0) is 25.3 Å². The first kappa shape index (κ1) is 13.3. The van der Waals surface area contributed by atoms with E-state index in [1.807, 2.05) is 18.2 Å². The molecule has 0 radical (unpaired) electrons. The van der Waals surface area contributed by atoms with Gasteiger partial charge in [0.05, 0.1) is 18.8 Å². The molecule has 1 aromatic carbocycles. The highest BCUT2D eigenvalue weighted by atomic mass is 16.5. The van der Waals surface area contributed by atoms with Crippen molar-refractivity contribution in [1.82, 2.24) is 5.43 Å².